The predicted octanol–water partition coefficient (Wildman–Crippen LogP) is 2.83. The molecule has 5 nitrogen and oxygen atoms in total. The number of pyridine rings is 1. The number of anilines is 1. The summed E-state index contributed by atoms with van der Waals surface area (Å²) in [5.74, 6) is 0.914. The molecule has 0 saturated carbocycles. The molecule has 108 valence electrons. The summed E-state index contributed by atoms with van der Waals surface area (Å²) in [6.07, 6.45) is 3.30. The topological polar surface area (TPSA) is 77.0 Å². The normalized spacial score (nSPS) is 11.1. The van der Waals surface area contributed by atoms with Gasteiger partial charge in [0.05, 0.1) is 17.1 Å². The maximum Gasteiger partial charge on any atom is 0.161 e. The highest BCUT2D eigenvalue weighted by atomic mass is 16.3. The number of nitrogens with zero attached hydrogens (tertiary/aromatic N) is 3. The highest BCUT2D eigenvalue weighted by Gasteiger charge is 2.16. The first-order valence-corrected chi connectivity index (χ1v) is 7.10. The van der Waals surface area contributed by atoms with Crippen LogP contribution >= 0.6 is 0 Å². The SMILES string of the molecule is CCc1nn(-c2nccc3ccc(O)cc23)c(CC)c1N. The molecule has 0 atom stereocenters. The quantitative estimate of drug-likeness (QED) is 0.774. The number of phenolic OH excluding ortho intramolecular Hbond substituents is 1. The molecule has 0 fully saturated rings. The fourth-order valence-electron chi connectivity index (χ4n) is 2.60. The Kier molecular flexibility index (Phi) is 3.25. The zero-order chi connectivity index (χ0) is 15.0. The third kappa shape index (κ3) is 2.11. The lowest BCUT2D eigenvalue weighted by Crippen LogP contribution is -2.05. The van der Waals surface area contributed by atoms with Crippen molar-refractivity contribution in [2.24, 2.45) is 0 Å². The fraction of sp³-hybridized carbons (Fsp3) is 0.250. The summed E-state index contributed by atoms with van der Waals surface area (Å²) in [7, 11) is 0. The number of aromatic nitrogens is 3. The van der Waals surface area contributed by atoms with Crippen LogP contribution in [0.2, 0.25) is 0 Å². The van der Waals surface area contributed by atoms with Crippen molar-refractivity contribution < 1.29 is 5.11 Å². The molecule has 2 aromatic heterocycles. The van der Waals surface area contributed by atoms with Crippen molar-refractivity contribution in [2.45, 2.75) is 26.7 Å². The molecule has 0 saturated heterocycles. The van der Waals surface area contributed by atoms with Gasteiger partial charge in [0.2, 0.25) is 0 Å². The summed E-state index contributed by atoms with van der Waals surface area (Å²) in [5, 5.41) is 16.2. The lowest BCUT2D eigenvalue weighted by atomic mass is 10.1. The van der Waals surface area contributed by atoms with Gasteiger partial charge < -0.3 is 10.8 Å². The minimum absolute atomic E-state index is 0.214. The minimum Gasteiger partial charge on any atom is -0.508 e. The largest absolute Gasteiger partial charge is 0.508 e. The number of hydrogen-bond donors (Lipinski definition) is 2. The first-order valence-electron chi connectivity index (χ1n) is 7.10. The molecule has 0 spiro atoms. The molecule has 0 amide bonds. The third-order valence-electron chi connectivity index (χ3n) is 3.70. The lowest BCUT2D eigenvalue weighted by molar-refractivity contribution is 0.476. The van der Waals surface area contributed by atoms with E-state index in [4.69, 9.17) is 5.73 Å². The summed E-state index contributed by atoms with van der Waals surface area (Å²) in [6, 6.07) is 7.16. The lowest BCUT2D eigenvalue weighted by Gasteiger charge is -2.09. The fourth-order valence-corrected chi connectivity index (χ4v) is 2.60. The Balaban J connectivity index is 2.32. The number of aryl methyl sites for hydroxylation is 1. The Morgan fingerprint density at radius 3 is 2.71 bits per heavy atom. The van der Waals surface area contributed by atoms with Gasteiger partial charge in [-0.3, -0.25) is 0 Å². The van der Waals surface area contributed by atoms with Gasteiger partial charge in [-0.2, -0.15) is 5.10 Å². The van der Waals surface area contributed by atoms with Crippen LogP contribution < -0.4 is 5.73 Å². The molecule has 0 unspecified atom stereocenters. The molecule has 5 heteroatoms. The molecule has 0 aliphatic carbocycles. The van der Waals surface area contributed by atoms with E-state index in [1.54, 1.807) is 23.0 Å². The summed E-state index contributed by atoms with van der Waals surface area (Å²) in [6.45, 7) is 4.08. The number of nitrogens with two attached hydrogens (primary N) is 1. The Labute approximate surface area is 123 Å². The summed E-state index contributed by atoms with van der Waals surface area (Å²) in [4.78, 5) is 4.45. The smallest absolute Gasteiger partial charge is 0.161 e. The average Bonchev–Trinajstić information content (AvgIpc) is 2.82. The molecule has 3 rings (SSSR count). The zero-order valence-electron chi connectivity index (χ0n) is 12.2. The number of fused-ring (bicyclic) bond motifs is 1. The van der Waals surface area contributed by atoms with Crippen molar-refractivity contribution in [1.29, 1.82) is 0 Å². The van der Waals surface area contributed by atoms with Crippen LogP contribution in [-0.2, 0) is 12.8 Å². The van der Waals surface area contributed by atoms with Gasteiger partial charge in [0.15, 0.2) is 5.82 Å². The van der Waals surface area contributed by atoms with Crippen LogP contribution in [0.15, 0.2) is 30.5 Å². The average molecular weight is 282 g/mol. The van der Waals surface area contributed by atoms with Crippen molar-refractivity contribution in [3.05, 3.63) is 41.9 Å². The van der Waals surface area contributed by atoms with Crippen molar-refractivity contribution in [3.63, 3.8) is 0 Å². The van der Waals surface area contributed by atoms with E-state index in [1.807, 2.05) is 26.0 Å². The van der Waals surface area contributed by atoms with Crippen LogP contribution in [0.3, 0.4) is 0 Å². The Morgan fingerprint density at radius 1 is 1.19 bits per heavy atom. The van der Waals surface area contributed by atoms with Crippen LogP contribution in [0.1, 0.15) is 25.2 Å². The van der Waals surface area contributed by atoms with Crippen LogP contribution in [0.4, 0.5) is 5.69 Å². The molecule has 1 aromatic carbocycles. The van der Waals surface area contributed by atoms with E-state index in [0.29, 0.717) is 5.82 Å². The first kappa shape index (κ1) is 13.4. The summed E-state index contributed by atoms with van der Waals surface area (Å²) >= 11 is 0. The van der Waals surface area contributed by atoms with Gasteiger partial charge in [-0.25, -0.2) is 9.67 Å². The van der Waals surface area contributed by atoms with Gasteiger partial charge >= 0.3 is 0 Å². The van der Waals surface area contributed by atoms with E-state index in [-0.39, 0.29) is 5.75 Å². The number of benzene rings is 1. The van der Waals surface area contributed by atoms with Gasteiger partial charge in [0.1, 0.15) is 5.75 Å². The first-order chi connectivity index (χ1) is 10.2. The second-order valence-corrected chi connectivity index (χ2v) is 4.97. The van der Waals surface area contributed by atoms with Crippen molar-refractivity contribution >= 4 is 16.5 Å². The van der Waals surface area contributed by atoms with Gasteiger partial charge in [-0.05, 0) is 36.4 Å². The number of nitrogen functional groups attached to an aromatic ring is 1. The Bertz CT molecular complexity index is 807. The summed E-state index contributed by atoms with van der Waals surface area (Å²) in [5.41, 5.74) is 8.75. The van der Waals surface area contributed by atoms with Crippen molar-refractivity contribution in [1.82, 2.24) is 14.8 Å². The second-order valence-electron chi connectivity index (χ2n) is 4.97. The van der Waals surface area contributed by atoms with Crippen LogP contribution in [0.5, 0.6) is 5.75 Å². The molecule has 3 N–H and O–H groups in total. The van der Waals surface area contributed by atoms with Crippen LogP contribution in [0.25, 0.3) is 16.6 Å². The van der Waals surface area contributed by atoms with E-state index in [2.05, 4.69) is 10.1 Å². The molecule has 21 heavy (non-hydrogen) atoms. The van der Waals surface area contributed by atoms with Gasteiger partial charge in [0.25, 0.3) is 0 Å². The van der Waals surface area contributed by atoms with Gasteiger partial charge in [-0.1, -0.05) is 19.9 Å². The van der Waals surface area contributed by atoms with E-state index < -0.39 is 0 Å². The molecular formula is C16H18N4O. The number of hydrogen-bond acceptors (Lipinski definition) is 4. The highest BCUT2D eigenvalue weighted by Crippen LogP contribution is 2.28. The van der Waals surface area contributed by atoms with E-state index in [0.717, 1.165) is 40.7 Å². The second kappa shape index (κ2) is 5.09. The molecule has 0 radical (unpaired) electrons. The van der Waals surface area contributed by atoms with Crippen molar-refractivity contribution in [2.75, 3.05) is 5.73 Å². The van der Waals surface area contributed by atoms with E-state index in [9.17, 15) is 5.11 Å². The maximum atomic E-state index is 9.75. The Morgan fingerprint density at radius 2 is 2.00 bits per heavy atom. The van der Waals surface area contributed by atoms with Crippen LogP contribution in [0, 0.1) is 0 Å². The molecule has 2 heterocycles. The van der Waals surface area contributed by atoms with E-state index in [1.165, 1.54) is 0 Å². The van der Waals surface area contributed by atoms with Crippen LogP contribution in [-0.4, -0.2) is 19.9 Å². The molecule has 0 bridgehead atoms. The standard InChI is InChI=1S/C16H18N4O/c1-3-13-15(17)14(4-2)20(19-13)16-12-9-11(21)6-5-10(12)7-8-18-16/h5-9,21H,3-4,17H2,1-2H3. The predicted molar refractivity (Wildman–Crippen MR) is 83.7 cm³/mol. The number of aromatic hydroxyl groups is 1. The maximum absolute atomic E-state index is 9.75. The molecule has 0 aliphatic rings. The number of phenols is 1. The monoisotopic (exact) mass is 282 g/mol. The zero-order valence-corrected chi connectivity index (χ0v) is 12.2. The summed E-state index contributed by atoms with van der Waals surface area (Å²) < 4.78 is 1.80. The highest BCUT2D eigenvalue weighted by molar-refractivity contribution is 5.89. The van der Waals surface area contributed by atoms with E-state index >= 15 is 0 Å². The van der Waals surface area contributed by atoms with Gasteiger partial charge in [0, 0.05) is 11.6 Å². The Hall–Kier alpha value is -2.56. The minimum atomic E-state index is 0.214. The van der Waals surface area contributed by atoms with Gasteiger partial charge in [-0.15, -0.1) is 0 Å². The molecule has 3 aromatic rings. The number of rotatable bonds is 3. The third-order valence-corrected chi connectivity index (χ3v) is 3.70. The van der Waals surface area contributed by atoms with Crippen molar-refractivity contribution in [3.8, 4) is 11.6 Å². The molecule has 0 aliphatic heterocycles. The molecular weight excluding hydrogens is 264 g/mol.